The van der Waals surface area contributed by atoms with Gasteiger partial charge in [0.05, 0.1) is 0 Å². The van der Waals surface area contributed by atoms with Crippen LogP contribution < -0.4 is 11.1 Å². The van der Waals surface area contributed by atoms with Crippen LogP contribution in [0.1, 0.15) is 27.9 Å². The molecule has 0 unspecified atom stereocenters. The molecule has 0 fully saturated rings. The van der Waals surface area contributed by atoms with Crippen LogP contribution in [0.15, 0.2) is 40.9 Å². The molecular formula is C16H15BrN2O. The maximum Gasteiger partial charge on any atom is 0.255 e. The van der Waals surface area contributed by atoms with Crippen LogP contribution in [0, 0.1) is 0 Å². The largest absolute Gasteiger partial charge is 0.398 e. The fraction of sp³-hybridized carbons (Fsp3) is 0.188. The van der Waals surface area contributed by atoms with Gasteiger partial charge in [-0.1, -0.05) is 6.07 Å². The highest BCUT2D eigenvalue weighted by Crippen LogP contribution is 2.26. The minimum absolute atomic E-state index is 0.122. The summed E-state index contributed by atoms with van der Waals surface area (Å²) in [5.41, 5.74) is 10.5. The number of benzene rings is 2. The summed E-state index contributed by atoms with van der Waals surface area (Å²) in [6.07, 6.45) is 3.46. The summed E-state index contributed by atoms with van der Waals surface area (Å²) in [4.78, 5) is 12.2. The quantitative estimate of drug-likeness (QED) is 0.823. The van der Waals surface area contributed by atoms with Crippen LogP contribution in [-0.2, 0) is 12.8 Å². The third-order valence-corrected chi connectivity index (χ3v) is 4.31. The molecule has 0 radical (unpaired) electrons. The fourth-order valence-electron chi connectivity index (χ4n) is 2.52. The SMILES string of the molecule is Nc1ccc(C(=O)Nc2ccc3c(c2)CCC3)cc1Br. The van der Waals surface area contributed by atoms with Gasteiger partial charge in [0.15, 0.2) is 0 Å². The zero-order chi connectivity index (χ0) is 14.1. The van der Waals surface area contributed by atoms with E-state index in [2.05, 4.69) is 33.4 Å². The van der Waals surface area contributed by atoms with Crippen molar-refractivity contribution in [2.75, 3.05) is 11.1 Å². The molecule has 0 bridgehead atoms. The average molecular weight is 331 g/mol. The van der Waals surface area contributed by atoms with E-state index in [0.717, 1.165) is 23.0 Å². The van der Waals surface area contributed by atoms with Crippen LogP contribution in [0.2, 0.25) is 0 Å². The Bertz CT molecular complexity index is 682. The molecule has 0 saturated heterocycles. The number of hydrogen-bond acceptors (Lipinski definition) is 2. The Kier molecular flexibility index (Phi) is 3.49. The van der Waals surface area contributed by atoms with Gasteiger partial charge in [0, 0.05) is 21.4 Å². The van der Waals surface area contributed by atoms with Crippen LogP contribution in [-0.4, -0.2) is 5.91 Å². The molecule has 3 rings (SSSR count). The number of rotatable bonds is 2. The molecule has 102 valence electrons. The lowest BCUT2D eigenvalue weighted by atomic mass is 10.1. The molecule has 1 aliphatic rings. The smallest absolute Gasteiger partial charge is 0.255 e. The highest BCUT2D eigenvalue weighted by atomic mass is 79.9. The topological polar surface area (TPSA) is 55.1 Å². The summed E-state index contributed by atoms with van der Waals surface area (Å²) in [5, 5.41) is 2.93. The molecule has 2 aromatic rings. The Morgan fingerprint density at radius 1 is 1.10 bits per heavy atom. The van der Waals surface area contributed by atoms with E-state index in [9.17, 15) is 4.79 Å². The number of amides is 1. The normalized spacial score (nSPS) is 13.1. The molecule has 0 saturated carbocycles. The van der Waals surface area contributed by atoms with Gasteiger partial charge in [-0.15, -0.1) is 0 Å². The van der Waals surface area contributed by atoms with Crippen molar-refractivity contribution < 1.29 is 4.79 Å². The maximum absolute atomic E-state index is 12.2. The van der Waals surface area contributed by atoms with E-state index in [1.807, 2.05) is 6.07 Å². The van der Waals surface area contributed by atoms with E-state index in [1.165, 1.54) is 17.5 Å². The average Bonchev–Trinajstić information content (AvgIpc) is 2.89. The lowest BCUT2D eigenvalue weighted by Crippen LogP contribution is -2.12. The summed E-state index contributed by atoms with van der Waals surface area (Å²) in [5.74, 6) is -0.122. The standard InChI is InChI=1S/C16H15BrN2O/c17-14-9-12(5-7-15(14)18)16(20)19-13-6-4-10-2-1-3-11(10)8-13/h4-9H,1-3,18H2,(H,19,20). The molecule has 1 aliphatic carbocycles. The summed E-state index contributed by atoms with van der Waals surface area (Å²) >= 11 is 3.34. The molecule has 2 aromatic carbocycles. The third kappa shape index (κ3) is 2.56. The van der Waals surface area contributed by atoms with E-state index in [4.69, 9.17) is 5.73 Å². The molecule has 0 spiro atoms. The second-order valence-corrected chi connectivity index (χ2v) is 5.88. The second-order valence-electron chi connectivity index (χ2n) is 5.03. The van der Waals surface area contributed by atoms with Crippen molar-refractivity contribution in [3.63, 3.8) is 0 Å². The molecule has 3 N–H and O–H groups in total. The van der Waals surface area contributed by atoms with Crippen molar-refractivity contribution >= 4 is 33.2 Å². The first-order valence-electron chi connectivity index (χ1n) is 6.61. The van der Waals surface area contributed by atoms with Gasteiger partial charge >= 0.3 is 0 Å². The van der Waals surface area contributed by atoms with Gasteiger partial charge in [0.25, 0.3) is 5.91 Å². The van der Waals surface area contributed by atoms with E-state index in [0.29, 0.717) is 11.3 Å². The molecule has 0 aliphatic heterocycles. The van der Waals surface area contributed by atoms with Gasteiger partial charge in [0.2, 0.25) is 0 Å². The van der Waals surface area contributed by atoms with Crippen molar-refractivity contribution in [2.24, 2.45) is 0 Å². The second kappa shape index (κ2) is 5.29. The molecule has 0 aromatic heterocycles. The fourth-order valence-corrected chi connectivity index (χ4v) is 2.90. The number of carbonyl (C=O) groups excluding carboxylic acids is 1. The molecular weight excluding hydrogens is 316 g/mol. The number of fused-ring (bicyclic) bond motifs is 1. The van der Waals surface area contributed by atoms with Gasteiger partial charge in [-0.3, -0.25) is 4.79 Å². The van der Waals surface area contributed by atoms with Gasteiger partial charge in [-0.25, -0.2) is 0 Å². The van der Waals surface area contributed by atoms with Crippen molar-refractivity contribution in [2.45, 2.75) is 19.3 Å². The number of halogens is 1. The molecule has 0 heterocycles. The molecule has 4 heteroatoms. The van der Waals surface area contributed by atoms with Crippen molar-refractivity contribution in [1.82, 2.24) is 0 Å². The van der Waals surface area contributed by atoms with Crippen LogP contribution in [0.5, 0.6) is 0 Å². The predicted molar refractivity (Wildman–Crippen MR) is 85.0 cm³/mol. The summed E-state index contributed by atoms with van der Waals surface area (Å²) in [7, 11) is 0. The number of hydrogen-bond donors (Lipinski definition) is 2. The number of nitrogen functional groups attached to an aromatic ring is 1. The molecule has 3 nitrogen and oxygen atoms in total. The first-order valence-corrected chi connectivity index (χ1v) is 7.41. The first-order chi connectivity index (χ1) is 9.63. The Hall–Kier alpha value is -1.81. The summed E-state index contributed by atoms with van der Waals surface area (Å²) in [6.45, 7) is 0. The zero-order valence-corrected chi connectivity index (χ0v) is 12.5. The first kappa shape index (κ1) is 13.2. The van der Waals surface area contributed by atoms with Gasteiger partial charge in [-0.2, -0.15) is 0 Å². The number of aryl methyl sites for hydroxylation is 2. The number of carbonyl (C=O) groups is 1. The monoisotopic (exact) mass is 330 g/mol. The highest BCUT2D eigenvalue weighted by molar-refractivity contribution is 9.10. The van der Waals surface area contributed by atoms with Gasteiger partial charge < -0.3 is 11.1 Å². The summed E-state index contributed by atoms with van der Waals surface area (Å²) in [6, 6.07) is 11.3. The van der Waals surface area contributed by atoms with Gasteiger partial charge in [-0.05, 0) is 76.7 Å². The summed E-state index contributed by atoms with van der Waals surface area (Å²) < 4.78 is 0.735. The van der Waals surface area contributed by atoms with E-state index in [1.54, 1.807) is 18.2 Å². The Balaban J connectivity index is 1.80. The van der Waals surface area contributed by atoms with Crippen molar-refractivity contribution in [3.05, 3.63) is 57.6 Å². The van der Waals surface area contributed by atoms with Crippen LogP contribution in [0.3, 0.4) is 0 Å². The molecule has 1 amide bonds. The minimum atomic E-state index is -0.122. The van der Waals surface area contributed by atoms with Crippen molar-refractivity contribution in [1.29, 1.82) is 0 Å². The lowest BCUT2D eigenvalue weighted by molar-refractivity contribution is 0.102. The Labute approximate surface area is 126 Å². The van der Waals surface area contributed by atoms with E-state index >= 15 is 0 Å². The predicted octanol–water partition coefficient (Wildman–Crippen LogP) is 3.77. The Morgan fingerprint density at radius 2 is 1.90 bits per heavy atom. The molecule has 20 heavy (non-hydrogen) atoms. The third-order valence-electron chi connectivity index (χ3n) is 3.62. The minimum Gasteiger partial charge on any atom is -0.398 e. The van der Waals surface area contributed by atoms with Crippen LogP contribution >= 0.6 is 15.9 Å². The Morgan fingerprint density at radius 3 is 2.70 bits per heavy atom. The van der Waals surface area contributed by atoms with E-state index in [-0.39, 0.29) is 5.91 Å². The van der Waals surface area contributed by atoms with E-state index < -0.39 is 0 Å². The highest BCUT2D eigenvalue weighted by Gasteiger charge is 2.13. The maximum atomic E-state index is 12.2. The lowest BCUT2D eigenvalue weighted by Gasteiger charge is -2.08. The number of anilines is 2. The zero-order valence-electron chi connectivity index (χ0n) is 10.9. The van der Waals surface area contributed by atoms with Gasteiger partial charge in [0.1, 0.15) is 0 Å². The van der Waals surface area contributed by atoms with Crippen molar-refractivity contribution in [3.8, 4) is 0 Å². The molecule has 0 atom stereocenters. The number of nitrogens with one attached hydrogen (secondary N) is 1. The number of nitrogens with two attached hydrogens (primary N) is 1. The van der Waals surface area contributed by atoms with Crippen LogP contribution in [0.25, 0.3) is 0 Å². The van der Waals surface area contributed by atoms with Crippen LogP contribution in [0.4, 0.5) is 11.4 Å².